The highest BCUT2D eigenvalue weighted by Gasteiger charge is 2.28. The Morgan fingerprint density at radius 1 is 0.414 bits per heavy atom. The predicted octanol–water partition coefficient (Wildman–Crippen LogP) is 16.2. The van der Waals surface area contributed by atoms with Crippen molar-refractivity contribution in [2.75, 3.05) is 9.80 Å². The average molecular weight is 777 g/mol. The van der Waals surface area contributed by atoms with Crippen LogP contribution in [0.25, 0.3) is 49.9 Å². The maximum absolute atomic E-state index is 2.49. The third kappa shape index (κ3) is 5.36. The van der Waals surface area contributed by atoms with Crippen LogP contribution in [-0.2, 0) is 6.42 Å². The quantitative estimate of drug-likeness (QED) is 0.164. The molecule has 4 heteroatoms. The molecule has 2 aliphatic heterocycles. The lowest BCUT2D eigenvalue weighted by Crippen LogP contribution is -2.14. The number of hydrogen-bond acceptors (Lipinski definition) is 4. The molecule has 9 aromatic carbocycles. The minimum absolute atomic E-state index is 1.02. The lowest BCUT2D eigenvalue weighted by Gasteiger charge is -2.33. The van der Waals surface area contributed by atoms with Crippen molar-refractivity contribution in [3.8, 4) is 22.3 Å². The number of rotatable bonds is 4. The van der Waals surface area contributed by atoms with Crippen molar-refractivity contribution in [1.29, 1.82) is 0 Å². The van der Waals surface area contributed by atoms with Gasteiger partial charge in [0.1, 0.15) is 0 Å². The fourth-order valence-corrected chi connectivity index (χ4v) is 11.4. The van der Waals surface area contributed by atoms with E-state index in [0.717, 1.165) is 18.5 Å². The van der Waals surface area contributed by atoms with Crippen LogP contribution in [0.15, 0.2) is 208 Å². The van der Waals surface area contributed by atoms with E-state index in [9.17, 15) is 0 Å². The summed E-state index contributed by atoms with van der Waals surface area (Å²) < 4.78 is 0. The molecule has 0 atom stereocenters. The van der Waals surface area contributed by atoms with Crippen LogP contribution in [0.3, 0.4) is 0 Å². The Labute approximate surface area is 347 Å². The van der Waals surface area contributed by atoms with E-state index in [1.54, 1.807) is 0 Å². The van der Waals surface area contributed by atoms with Gasteiger partial charge in [-0.15, -0.1) is 0 Å². The Bertz CT molecular complexity index is 3130. The topological polar surface area (TPSA) is 6.48 Å². The van der Waals surface area contributed by atoms with E-state index in [-0.39, 0.29) is 0 Å². The van der Waals surface area contributed by atoms with Crippen molar-refractivity contribution >= 4 is 85.3 Å². The Morgan fingerprint density at radius 2 is 0.914 bits per heavy atom. The lowest BCUT2D eigenvalue weighted by molar-refractivity contribution is 0.992. The van der Waals surface area contributed by atoms with Crippen molar-refractivity contribution in [3.63, 3.8) is 0 Å². The molecule has 0 spiro atoms. The molecule has 3 aliphatic rings. The normalized spacial score (nSPS) is 13.8. The Hall–Kier alpha value is -6.46. The van der Waals surface area contributed by atoms with Gasteiger partial charge in [0.05, 0.1) is 22.7 Å². The first-order valence-corrected chi connectivity index (χ1v) is 21.6. The molecule has 0 saturated heterocycles. The molecule has 58 heavy (non-hydrogen) atoms. The SMILES string of the molecule is C1=Cc2c(c(-c3ccc4c(c3)N(c3ccccc3)c3ccccc3S4)cc3cc(-c4ccc5c(c4)N(c4ccccc4)c4ccccc4S5)c4ccccc4c23)CC1. The number of para-hydroxylation sites is 4. The van der Waals surface area contributed by atoms with E-state index in [2.05, 4.69) is 204 Å². The number of anilines is 6. The molecule has 0 saturated carbocycles. The van der Waals surface area contributed by atoms with Crippen LogP contribution in [0.5, 0.6) is 0 Å². The van der Waals surface area contributed by atoms with Crippen LogP contribution in [0, 0.1) is 0 Å². The summed E-state index contributed by atoms with van der Waals surface area (Å²) in [5.41, 5.74) is 15.0. The summed E-state index contributed by atoms with van der Waals surface area (Å²) >= 11 is 3.72. The summed E-state index contributed by atoms with van der Waals surface area (Å²) in [5.74, 6) is 0. The van der Waals surface area contributed by atoms with Crippen LogP contribution in [-0.4, -0.2) is 0 Å². The second-order valence-electron chi connectivity index (χ2n) is 15.2. The molecule has 0 radical (unpaired) electrons. The molecule has 274 valence electrons. The highest BCUT2D eigenvalue weighted by Crippen LogP contribution is 2.55. The highest BCUT2D eigenvalue weighted by molar-refractivity contribution is 8.00. The van der Waals surface area contributed by atoms with E-state index in [1.807, 2.05) is 23.5 Å². The molecule has 9 aromatic rings. The number of hydrogen-bond donors (Lipinski definition) is 0. The standard InChI is InChI=1S/C54H36N2S2/c1-3-15-38(16-4-1)55-46-23-11-13-25-50(46)57-52-29-27-35(33-48(52)55)44-31-37-32-45(41-20-8-10-22-43(41)54(37)42-21-9-7-19-40(42)44)36-28-30-53-49(34-36)56(39-17-5-2-6-18-39)47-24-12-14-26-51(47)58-53/h1-7,9-19,21-34H,8,20H2. The summed E-state index contributed by atoms with van der Waals surface area (Å²) in [7, 11) is 0. The zero-order valence-corrected chi connectivity index (χ0v) is 33.2. The van der Waals surface area contributed by atoms with Gasteiger partial charge in [0.15, 0.2) is 0 Å². The van der Waals surface area contributed by atoms with E-state index >= 15 is 0 Å². The summed E-state index contributed by atoms with van der Waals surface area (Å²) in [6.07, 6.45) is 6.81. The van der Waals surface area contributed by atoms with Crippen molar-refractivity contribution < 1.29 is 0 Å². The van der Waals surface area contributed by atoms with Crippen LogP contribution < -0.4 is 9.80 Å². The molecule has 0 aromatic heterocycles. The summed E-state index contributed by atoms with van der Waals surface area (Å²) in [4.78, 5) is 9.94. The second-order valence-corrected chi connectivity index (χ2v) is 17.3. The van der Waals surface area contributed by atoms with Gasteiger partial charge < -0.3 is 9.80 Å². The minimum atomic E-state index is 1.02. The minimum Gasteiger partial charge on any atom is -0.308 e. The molecule has 2 nitrogen and oxygen atoms in total. The maximum Gasteiger partial charge on any atom is 0.0607 e. The molecule has 0 unspecified atom stereocenters. The zero-order valence-electron chi connectivity index (χ0n) is 31.6. The van der Waals surface area contributed by atoms with Gasteiger partial charge in [0, 0.05) is 31.0 Å². The van der Waals surface area contributed by atoms with E-state index < -0.39 is 0 Å². The van der Waals surface area contributed by atoms with E-state index in [0.29, 0.717) is 0 Å². The van der Waals surface area contributed by atoms with Gasteiger partial charge in [0.2, 0.25) is 0 Å². The molecule has 2 heterocycles. The molecular formula is C54H36N2S2. The molecular weight excluding hydrogens is 741 g/mol. The third-order valence-corrected chi connectivity index (χ3v) is 14.1. The molecule has 0 bridgehead atoms. The fraction of sp³-hybridized carbons (Fsp3) is 0.0370. The molecule has 12 rings (SSSR count). The molecule has 0 fully saturated rings. The number of fused-ring (bicyclic) bond motifs is 9. The van der Waals surface area contributed by atoms with Gasteiger partial charge in [-0.3, -0.25) is 0 Å². The number of nitrogens with zero attached hydrogens (tertiary/aromatic N) is 2. The van der Waals surface area contributed by atoms with Gasteiger partial charge >= 0.3 is 0 Å². The lowest BCUT2D eigenvalue weighted by atomic mass is 9.82. The molecule has 0 N–H and O–H groups in total. The van der Waals surface area contributed by atoms with Crippen molar-refractivity contribution in [3.05, 3.63) is 199 Å². The van der Waals surface area contributed by atoms with Gasteiger partial charge in [-0.1, -0.05) is 133 Å². The maximum atomic E-state index is 2.49. The van der Waals surface area contributed by atoms with Crippen LogP contribution in [0.2, 0.25) is 0 Å². The zero-order chi connectivity index (χ0) is 38.2. The first-order valence-electron chi connectivity index (χ1n) is 20.0. The molecule has 0 amide bonds. The third-order valence-electron chi connectivity index (χ3n) is 11.8. The largest absolute Gasteiger partial charge is 0.308 e. The first-order chi connectivity index (χ1) is 28.8. The fourth-order valence-electron chi connectivity index (χ4n) is 9.28. The summed E-state index contributed by atoms with van der Waals surface area (Å²) in [5, 5.41) is 5.19. The second kappa shape index (κ2) is 13.6. The van der Waals surface area contributed by atoms with Gasteiger partial charge in [-0.05, 0) is 153 Å². The summed E-state index contributed by atoms with van der Waals surface area (Å²) in [6, 6.07) is 67.3. The van der Waals surface area contributed by atoms with E-state index in [4.69, 9.17) is 0 Å². The molecule has 1 aliphatic carbocycles. The van der Waals surface area contributed by atoms with Crippen molar-refractivity contribution in [2.45, 2.75) is 32.4 Å². The van der Waals surface area contributed by atoms with E-state index in [1.165, 1.54) is 103 Å². The van der Waals surface area contributed by atoms with Crippen molar-refractivity contribution in [2.24, 2.45) is 0 Å². The van der Waals surface area contributed by atoms with Crippen LogP contribution in [0.4, 0.5) is 34.1 Å². The van der Waals surface area contributed by atoms with Gasteiger partial charge in [-0.2, -0.15) is 0 Å². The first kappa shape index (κ1) is 33.7. The van der Waals surface area contributed by atoms with Gasteiger partial charge in [0.25, 0.3) is 0 Å². The van der Waals surface area contributed by atoms with Gasteiger partial charge in [-0.25, -0.2) is 0 Å². The van der Waals surface area contributed by atoms with Crippen LogP contribution in [0.1, 0.15) is 17.5 Å². The monoisotopic (exact) mass is 776 g/mol. The predicted molar refractivity (Wildman–Crippen MR) is 247 cm³/mol. The van der Waals surface area contributed by atoms with Crippen molar-refractivity contribution in [1.82, 2.24) is 0 Å². The Morgan fingerprint density at radius 3 is 1.53 bits per heavy atom. The number of allylic oxidation sites excluding steroid dienone is 1. The average Bonchev–Trinajstić information content (AvgIpc) is 3.29. The van der Waals surface area contributed by atoms with Crippen LogP contribution >= 0.6 is 23.5 Å². The summed E-state index contributed by atoms with van der Waals surface area (Å²) in [6.45, 7) is 0. The number of benzene rings is 9. The Kier molecular flexibility index (Phi) is 7.89. The highest BCUT2D eigenvalue weighted by atomic mass is 32.2. The Balaban J connectivity index is 1.06. The smallest absolute Gasteiger partial charge is 0.0607 e.